The van der Waals surface area contributed by atoms with E-state index in [1.807, 2.05) is 6.07 Å². The molecule has 20 heavy (non-hydrogen) atoms. The molecule has 4 heteroatoms. The van der Waals surface area contributed by atoms with Crippen LogP contribution in [0.5, 0.6) is 0 Å². The highest BCUT2D eigenvalue weighted by atomic mass is 127. The van der Waals surface area contributed by atoms with E-state index in [9.17, 15) is 0 Å². The molecule has 0 radical (unpaired) electrons. The van der Waals surface area contributed by atoms with Crippen LogP contribution in [0.15, 0.2) is 29.8 Å². The molecule has 1 aromatic rings. The molecule has 2 rings (SSSR count). The summed E-state index contributed by atoms with van der Waals surface area (Å²) in [5, 5.41) is 4.41. The van der Waals surface area contributed by atoms with Crippen molar-refractivity contribution < 1.29 is 0 Å². The molecular weight excluding hydrogens is 383 g/mol. The van der Waals surface area contributed by atoms with Gasteiger partial charge in [0.15, 0.2) is 0 Å². The molecule has 0 aliphatic carbocycles. The standard InChI is InChI=1S/C16H22ClIN2/c1-12(2)5-8-20-9-6-14(7-10-20)19-16-4-3-13(18)11-15(16)17/h3-5,11,14,19H,6-10H2,1-2H3. The summed E-state index contributed by atoms with van der Waals surface area (Å²) in [5.74, 6) is 0. The summed E-state index contributed by atoms with van der Waals surface area (Å²) >= 11 is 8.56. The van der Waals surface area contributed by atoms with Crippen LogP contribution in [0.2, 0.25) is 5.02 Å². The van der Waals surface area contributed by atoms with Crippen molar-refractivity contribution >= 4 is 39.9 Å². The molecule has 0 saturated carbocycles. The molecule has 1 aromatic carbocycles. The highest BCUT2D eigenvalue weighted by Gasteiger charge is 2.18. The first-order valence-electron chi connectivity index (χ1n) is 7.12. The summed E-state index contributed by atoms with van der Waals surface area (Å²) in [6.45, 7) is 7.71. The van der Waals surface area contributed by atoms with Gasteiger partial charge >= 0.3 is 0 Å². The summed E-state index contributed by atoms with van der Waals surface area (Å²) in [5.41, 5.74) is 2.46. The van der Waals surface area contributed by atoms with Gasteiger partial charge in [0.05, 0.1) is 10.7 Å². The molecule has 1 fully saturated rings. The van der Waals surface area contributed by atoms with E-state index in [2.05, 4.69) is 64.9 Å². The molecule has 0 spiro atoms. The normalized spacial score (nSPS) is 17.0. The van der Waals surface area contributed by atoms with Crippen LogP contribution in [0.4, 0.5) is 5.69 Å². The van der Waals surface area contributed by atoms with Gasteiger partial charge in [-0.3, -0.25) is 4.90 Å². The van der Waals surface area contributed by atoms with Crippen LogP contribution >= 0.6 is 34.2 Å². The van der Waals surface area contributed by atoms with E-state index < -0.39 is 0 Å². The Balaban J connectivity index is 1.83. The highest BCUT2D eigenvalue weighted by Crippen LogP contribution is 2.26. The van der Waals surface area contributed by atoms with Crippen molar-refractivity contribution in [3.05, 3.63) is 38.4 Å². The Labute approximate surface area is 140 Å². The molecule has 1 N–H and O–H groups in total. The zero-order valence-corrected chi connectivity index (χ0v) is 15.0. The molecule has 0 bridgehead atoms. The van der Waals surface area contributed by atoms with Crippen LogP contribution in [0.1, 0.15) is 26.7 Å². The molecule has 110 valence electrons. The third-order valence-corrected chi connectivity index (χ3v) is 4.62. The monoisotopic (exact) mass is 404 g/mol. The third-order valence-electron chi connectivity index (χ3n) is 3.64. The van der Waals surface area contributed by atoms with Gasteiger partial charge < -0.3 is 5.32 Å². The Morgan fingerprint density at radius 1 is 1.40 bits per heavy atom. The second kappa shape index (κ2) is 7.66. The van der Waals surface area contributed by atoms with E-state index >= 15 is 0 Å². The number of likely N-dealkylation sites (tertiary alicyclic amines) is 1. The molecule has 0 amide bonds. The van der Waals surface area contributed by atoms with Gasteiger partial charge in [-0.2, -0.15) is 0 Å². The van der Waals surface area contributed by atoms with Gasteiger partial charge in [-0.25, -0.2) is 0 Å². The van der Waals surface area contributed by atoms with Crippen LogP contribution in [-0.2, 0) is 0 Å². The third kappa shape index (κ3) is 4.93. The largest absolute Gasteiger partial charge is 0.381 e. The number of nitrogens with zero attached hydrogens (tertiary/aromatic N) is 1. The lowest BCUT2D eigenvalue weighted by Crippen LogP contribution is -2.39. The van der Waals surface area contributed by atoms with Crippen molar-refractivity contribution in [1.29, 1.82) is 0 Å². The number of benzene rings is 1. The first-order valence-corrected chi connectivity index (χ1v) is 8.57. The van der Waals surface area contributed by atoms with Gasteiger partial charge in [0, 0.05) is 29.2 Å². The highest BCUT2D eigenvalue weighted by molar-refractivity contribution is 14.1. The summed E-state index contributed by atoms with van der Waals surface area (Å²) in [4.78, 5) is 2.51. The molecule has 0 aromatic heterocycles. The van der Waals surface area contributed by atoms with Gasteiger partial charge in [0.2, 0.25) is 0 Å². The van der Waals surface area contributed by atoms with Gasteiger partial charge in [0.25, 0.3) is 0 Å². The maximum Gasteiger partial charge on any atom is 0.0648 e. The number of hydrogen-bond donors (Lipinski definition) is 1. The van der Waals surface area contributed by atoms with Crippen molar-refractivity contribution in [3.8, 4) is 0 Å². The van der Waals surface area contributed by atoms with E-state index in [-0.39, 0.29) is 0 Å². The Hall–Kier alpha value is -0.260. The van der Waals surface area contributed by atoms with Gasteiger partial charge in [-0.15, -0.1) is 0 Å². The smallest absolute Gasteiger partial charge is 0.0648 e. The number of anilines is 1. The predicted octanol–water partition coefficient (Wildman–Crippen LogP) is 4.79. The predicted molar refractivity (Wildman–Crippen MR) is 96.7 cm³/mol. The van der Waals surface area contributed by atoms with Gasteiger partial charge in [0.1, 0.15) is 0 Å². The topological polar surface area (TPSA) is 15.3 Å². The molecule has 1 aliphatic rings. The average molecular weight is 405 g/mol. The van der Waals surface area contributed by atoms with Gasteiger partial charge in [-0.1, -0.05) is 23.3 Å². The van der Waals surface area contributed by atoms with E-state index in [1.54, 1.807) is 0 Å². The minimum atomic E-state index is 0.538. The van der Waals surface area contributed by atoms with Crippen LogP contribution in [-0.4, -0.2) is 30.6 Å². The molecule has 1 aliphatic heterocycles. The Morgan fingerprint density at radius 3 is 2.70 bits per heavy atom. The number of hydrogen-bond acceptors (Lipinski definition) is 2. The van der Waals surface area contributed by atoms with Crippen LogP contribution < -0.4 is 5.32 Å². The minimum absolute atomic E-state index is 0.538. The molecule has 0 atom stereocenters. The lowest BCUT2D eigenvalue weighted by atomic mass is 10.0. The number of allylic oxidation sites excluding steroid dienone is 1. The van der Waals surface area contributed by atoms with Crippen molar-refractivity contribution in [2.45, 2.75) is 32.7 Å². The fourth-order valence-electron chi connectivity index (χ4n) is 2.40. The zero-order valence-electron chi connectivity index (χ0n) is 12.1. The van der Waals surface area contributed by atoms with E-state index in [1.165, 1.54) is 22.0 Å². The number of nitrogens with one attached hydrogen (secondary N) is 1. The molecule has 2 nitrogen and oxygen atoms in total. The summed E-state index contributed by atoms with van der Waals surface area (Å²) in [6.07, 6.45) is 4.67. The fraction of sp³-hybridized carbons (Fsp3) is 0.500. The number of halogens is 2. The maximum absolute atomic E-state index is 6.28. The SMILES string of the molecule is CC(C)=CCN1CCC(Nc2ccc(I)cc2Cl)CC1. The van der Waals surface area contributed by atoms with Crippen LogP contribution in [0, 0.1) is 3.57 Å². The first-order chi connectivity index (χ1) is 9.54. The lowest BCUT2D eigenvalue weighted by molar-refractivity contribution is 0.240. The maximum atomic E-state index is 6.28. The Morgan fingerprint density at radius 2 is 2.10 bits per heavy atom. The number of rotatable bonds is 4. The Bertz CT molecular complexity index is 475. The number of piperidine rings is 1. The summed E-state index contributed by atoms with van der Waals surface area (Å²) < 4.78 is 1.18. The molecule has 1 saturated heterocycles. The van der Waals surface area contributed by atoms with E-state index in [4.69, 9.17) is 11.6 Å². The zero-order chi connectivity index (χ0) is 14.5. The second-order valence-electron chi connectivity index (χ2n) is 5.62. The fourth-order valence-corrected chi connectivity index (χ4v) is 3.31. The summed E-state index contributed by atoms with van der Waals surface area (Å²) in [6, 6.07) is 6.72. The quantitative estimate of drug-likeness (QED) is 0.573. The Kier molecular flexibility index (Phi) is 6.18. The van der Waals surface area contributed by atoms with E-state index in [0.29, 0.717) is 6.04 Å². The van der Waals surface area contributed by atoms with Gasteiger partial charge in [-0.05, 0) is 67.5 Å². The van der Waals surface area contributed by atoms with Crippen molar-refractivity contribution in [2.24, 2.45) is 0 Å². The van der Waals surface area contributed by atoms with Crippen LogP contribution in [0.25, 0.3) is 0 Å². The van der Waals surface area contributed by atoms with Crippen molar-refractivity contribution in [1.82, 2.24) is 4.90 Å². The van der Waals surface area contributed by atoms with Crippen LogP contribution in [0.3, 0.4) is 0 Å². The second-order valence-corrected chi connectivity index (χ2v) is 7.28. The van der Waals surface area contributed by atoms with Crippen molar-refractivity contribution in [2.75, 3.05) is 25.0 Å². The molecule has 1 heterocycles. The molecular formula is C16H22ClIN2. The molecule has 0 unspecified atom stereocenters. The lowest BCUT2D eigenvalue weighted by Gasteiger charge is -2.32. The van der Waals surface area contributed by atoms with E-state index in [0.717, 1.165) is 30.3 Å². The minimum Gasteiger partial charge on any atom is -0.381 e. The van der Waals surface area contributed by atoms with Crippen molar-refractivity contribution in [3.63, 3.8) is 0 Å². The first kappa shape index (κ1) is 16.1. The average Bonchev–Trinajstić information content (AvgIpc) is 2.41. The summed E-state index contributed by atoms with van der Waals surface area (Å²) in [7, 11) is 0.